The standard InChI is InChI=1S/C12H15BrN2O2/c1-8(6-10-7-16-12(14)15-10)17-11-4-2-9(13)3-5-11/h2-5,8,10H,6-7H2,1H3,(H2,14,15)/t8-,10+/m1/s1. The van der Waals surface area contributed by atoms with Crippen molar-refractivity contribution in [3.05, 3.63) is 28.7 Å². The SMILES string of the molecule is C[C@H](C[C@H]1COC(N)=N1)Oc1ccc(Br)cc1. The molecule has 0 unspecified atom stereocenters. The molecule has 2 rings (SSSR count). The monoisotopic (exact) mass is 298 g/mol. The lowest BCUT2D eigenvalue weighted by atomic mass is 10.1. The number of nitrogens with zero attached hydrogens (tertiary/aromatic N) is 1. The van der Waals surface area contributed by atoms with Gasteiger partial charge in [-0.25, -0.2) is 4.99 Å². The van der Waals surface area contributed by atoms with Crippen molar-refractivity contribution in [2.75, 3.05) is 6.61 Å². The highest BCUT2D eigenvalue weighted by atomic mass is 79.9. The van der Waals surface area contributed by atoms with Crippen LogP contribution in [0.1, 0.15) is 13.3 Å². The fraction of sp³-hybridized carbons (Fsp3) is 0.417. The Labute approximate surface area is 109 Å². The first-order chi connectivity index (χ1) is 8.13. The van der Waals surface area contributed by atoms with E-state index in [0.717, 1.165) is 16.6 Å². The van der Waals surface area contributed by atoms with Gasteiger partial charge in [-0.1, -0.05) is 15.9 Å². The number of nitrogens with two attached hydrogens (primary N) is 1. The number of benzene rings is 1. The van der Waals surface area contributed by atoms with Gasteiger partial charge in [0.25, 0.3) is 6.02 Å². The van der Waals surface area contributed by atoms with Gasteiger partial charge in [0, 0.05) is 10.9 Å². The summed E-state index contributed by atoms with van der Waals surface area (Å²) in [5.41, 5.74) is 5.45. The number of rotatable bonds is 4. The Morgan fingerprint density at radius 3 is 2.82 bits per heavy atom. The molecule has 2 N–H and O–H groups in total. The second kappa shape index (κ2) is 5.40. The lowest BCUT2D eigenvalue weighted by molar-refractivity contribution is 0.189. The summed E-state index contributed by atoms with van der Waals surface area (Å²) in [7, 11) is 0. The molecule has 1 heterocycles. The fourth-order valence-electron chi connectivity index (χ4n) is 1.73. The van der Waals surface area contributed by atoms with E-state index in [4.69, 9.17) is 15.2 Å². The van der Waals surface area contributed by atoms with E-state index in [-0.39, 0.29) is 18.2 Å². The van der Waals surface area contributed by atoms with Crippen LogP contribution in [0.25, 0.3) is 0 Å². The van der Waals surface area contributed by atoms with Crippen molar-refractivity contribution >= 4 is 22.0 Å². The highest BCUT2D eigenvalue weighted by molar-refractivity contribution is 9.10. The van der Waals surface area contributed by atoms with Gasteiger partial charge in [-0.2, -0.15) is 0 Å². The average molecular weight is 299 g/mol. The van der Waals surface area contributed by atoms with E-state index in [1.54, 1.807) is 0 Å². The quantitative estimate of drug-likeness (QED) is 0.928. The summed E-state index contributed by atoms with van der Waals surface area (Å²) in [6.45, 7) is 2.58. The number of halogens is 1. The van der Waals surface area contributed by atoms with Crippen LogP contribution in [0.4, 0.5) is 0 Å². The summed E-state index contributed by atoms with van der Waals surface area (Å²) in [5, 5.41) is 0. The van der Waals surface area contributed by atoms with Gasteiger partial charge >= 0.3 is 0 Å². The zero-order chi connectivity index (χ0) is 12.3. The van der Waals surface area contributed by atoms with Crippen LogP contribution in [0, 0.1) is 0 Å². The van der Waals surface area contributed by atoms with Gasteiger partial charge in [-0.15, -0.1) is 0 Å². The van der Waals surface area contributed by atoms with E-state index >= 15 is 0 Å². The highest BCUT2D eigenvalue weighted by Gasteiger charge is 2.20. The molecular formula is C12H15BrN2O2. The largest absolute Gasteiger partial charge is 0.491 e. The Morgan fingerprint density at radius 1 is 1.53 bits per heavy atom. The molecule has 0 fully saturated rings. The predicted molar refractivity (Wildman–Crippen MR) is 70.2 cm³/mol. The first kappa shape index (κ1) is 12.2. The van der Waals surface area contributed by atoms with Crippen LogP contribution in [0.5, 0.6) is 5.75 Å². The van der Waals surface area contributed by atoms with Gasteiger partial charge in [-0.05, 0) is 31.2 Å². The predicted octanol–water partition coefficient (Wildman–Crippen LogP) is 2.32. The van der Waals surface area contributed by atoms with Crippen molar-refractivity contribution in [3.8, 4) is 5.75 Å². The minimum atomic E-state index is 0.0828. The van der Waals surface area contributed by atoms with Crippen molar-refractivity contribution < 1.29 is 9.47 Å². The third-order valence-corrected chi connectivity index (χ3v) is 3.02. The van der Waals surface area contributed by atoms with E-state index in [2.05, 4.69) is 20.9 Å². The van der Waals surface area contributed by atoms with Gasteiger partial charge in [0.15, 0.2) is 0 Å². The molecule has 0 aliphatic carbocycles. The smallest absolute Gasteiger partial charge is 0.282 e. The van der Waals surface area contributed by atoms with Crippen LogP contribution in [-0.2, 0) is 4.74 Å². The first-order valence-corrected chi connectivity index (χ1v) is 6.31. The Morgan fingerprint density at radius 2 is 2.24 bits per heavy atom. The molecule has 0 spiro atoms. The summed E-state index contributed by atoms with van der Waals surface area (Å²) in [4.78, 5) is 4.17. The molecular weight excluding hydrogens is 284 g/mol. The molecule has 5 heteroatoms. The van der Waals surface area contributed by atoms with E-state index in [9.17, 15) is 0 Å². The van der Waals surface area contributed by atoms with Gasteiger partial charge in [0.1, 0.15) is 12.4 Å². The Kier molecular flexibility index (Phi) is 3.89. The molecule has 1 aromatic carbocycles. The zero-order valence-corrected chi connectivity index (χ0v) is 11.2. The number of aliphatic imine (C=N–C) groups is 1. The summed E-state index contributed by atoms with van der Waals surface area (Å²) < 4.78 is 11.9. The molecule has 2 atom stereocenters. The molecule has 0 amide bonds. The maximum atomic E-state index is 5.78. The molecule has 17 heavy (non-hydrogen) atoms. The Hall–Kier alpha value is -1.23. The normalized spacial score (nSPS) is 20.6. The number of ether oxygens (including phenoxy) is 2. The second-order valence-electron chi connectivity index (χ2n) is 4.05. The fourth-order valence-corrected chi connectivity index (χ4v) is 2.00. The summed E-state index contributed by atoms with van der Waals surface area (Å²) in [6.07, 6.45) is 0.885. The summed E-state index contributed by atoms with van der Waals surface area (Å²) in [6, 6.07) is 8.17. The zero-order valence-electron chi connectivity index (χ0n) is 9.60. The number of hydrogen-bond donors (Lipinski definition) is 1. The molecule has 0 saturated carbocycles. The van der Waals surface area contributed by atoms with Crippen LogP contribution in [0.3, 0.4) is 0 Å². The maximum absolute atomic E-state index is 5.78. The van der Waals surface area contributed by atoms with Crippen molar-refractivity contribution in [1.82, 2.24) is 0 Å². The molecule has 0 radical (unpaired) electrons. The van der Waals surface area contributed by atoms with Gasteiger partial charge < -0.3 is 15.2 Å². The molecule has 0 aromatic heterocycles. The first-order valence-electron chi connectivity index (χ1n) is 5.52. The second-order valence-corrected chi connectivity index (χ2v) is 4.97. The van der Waals surface area contributed by atoms with Crippen LogP contribution >= 0.6 is 15.9 Å². The molecule has 4 nitrogen and oxygen atoms in total. The van der Waals surface area contributed by atoms with Crippen molar-refractivity contribution in [3.63, 3.8) is 0 Å². The van der Waals surface area contributed by atoms with Crippen molar-refractivity contribution in [2.24, 2.45) is 10.7 Å². The van der Waals surface area contributed by atoms with Gasteiger partial charge in [0.2, 0.25) is 0 Å². The third kappa shape index (κ3) is 3.63. The minimum absolute atomic E-state index is 0.0828. The van der Waals surface area contributed by atoms with Crippen LogP contribution in [-0.4, -0.2) is 24.8 Å². The van der Waals surface area contributed by atoms with Crippen LogP contribution in [0.2, 0.25) is 0 Å². The molecule has 1 aliphatic rings. The minimum Gasteiger partial charge on any atom is -0.491 e. The highest BCUT2D eigenvalue weighted by Crippen LogP contribution is 2.19. The summed E-state index contributed by atoms with van der Waals surface area (Å²) in [5.74, 6) is 0.858. The molecule has 1 aromatic rings. The topological polar surface area (TPSA) is 56.8 Å². The summed E-state index contributed by atoms with van der Waals surface area (Å²) >= 11 is 3.39. The van der Waals surface area contributed by atoms with Crippen molar-refractivity contribution in [1.29, 1.82) is 0 Å². The average Bonchev–Trinajstić information content (AvgIpc) is 2.67. The third-order valence-electron chi connectivity index (χ3n) is 2.49. The molecule has 92 valence electrons. The number of hydrogen-bond acceptors (Lipinski definition) is 4. The van der Waals surface area contributed by atoms with E-state index in [0.29, 0.717) is 6.61 Å². The van der Waals surface area contributed by atoms with E-state index in [1.165, 1.54) is 0 Å². The Balaban J connectivity index is 1.85. The molecule has 0 bridgehead atoms. The van der Waals surface area contributed by atoms with Gasteiger partial charge in [-0.3, -0.25) is 0 Å². The van der Waals surface area contributed by atoms with Crippen LogP contribution in [0.15, 0.2) is 33.7 Å². The maximum Gasteiger partial charge on any atom is 0.282 e. The Bertz CT molecular complexity index is 405. The van der Waals surface area contributed by atoms with Crippen LogP contribution < -0.4 is 10.5 Å². The number of amidine groups is 1. The van der Waals surface area contributed by atoms with E-state index < -0.39 is 0 Å². The lowest BCUT2D eigenvalue weighted by Gasteiger charge is -2.16. The van der Waals surface area contributed by atoms with E-state index in [1.807, 2.05) is 31.2 Å². The molecule has 0 saturated heterocycles. The van der Waals surface area contributed by atoms with Gasteiger partial charge in [0.05, 0.1) is 12.1 Å². The van der Waals surface area contributed by atoms with Crippen molar-refractivity contribution in [2.45, 2.75) is 25.5 Å². The lowest BCUT2D eigenvalue weighted by Crippen LogP contribution is -2.20. The molecule has 1 aliphatic heterocycles.